The molecule has 0 atom stereocenters. The van der Waals surface area contributed by atoms with Gasteiger partial charge in [-0.05, 0) is 13.8 Å². The van der Waals surface area contributed by atoms with Crippen LogP contribution in [0, 0.1) is 0 Å². The summed E-state index contributed by atoms with van der Waals surface area (Å²) in [5, 5.41) is 9.84. The molecule has 0 spiro atoms. The predicted molar refractivity (Wildman–Crippen MR) is 56.0 cm³/mol. The van der Waals surface area contributed by atoms with Crippen LogP contribution in [-0.4, -0.2) is 33.3 Å². The topological polar surface area (TPSA) is 71.8 Å². The Morgan fingerprint density at radius 2 is 2.33 bits per heavy atom. The number of hydrogen-bond donors (Lipinski definition) is 2. The molecule has 6 heteroatoms. The van der Waals surface area contributed by atoms with Crippen LogP contribution < -0.4 is 10.6 Å². The number of hydrogen-bond acceptors (Lipinski definition) is 4. The third-order valence-electron chi connectivity index (χ3n) is 1.67. The van der Waals surface area contributed by atoms with E-state index in [-0.39, 0.29) is 18.5 Å². The molecule has 0 aliphatic rings. The van der Waals surface area contributed by atoms with Gasteiger partial charge in [0.2, 0.25) is 5.91 Å². The van der Waals surface area contributed by atoms with E-state index < -0.39 is 0 Å². The largest absolute Gasteiger partial charge is 0.353 e. The molecule has 1 rings (SSSR count). The predicted octanol–water partition coefficient (Wildman–Crippen LogP) is -0.571. The average molecular weight is 211 g/mol. The second-order valence-corrected chi connectivity index (χ2v) is 3.66. The number of rotatable bonds is 5. The van der Waals surface area contributed by atoms with E-state index in [0.717, 1.165) is 0 Å². The first-order chi connectivity index (χ1) is 7.08. The minimum atomic E-state index is -0.0130. The van der Waals surface area contributed by atoms with Crippen molar-refractivity contribution in [1.82, 2.24) is 25.4 Å². The van der Waals surface area contributed by atoms with Crippen molar-refractivity contribution in [3.63, 3.8) is 0 Å². The monoisotopic (exact) mass is 211 g/mol. The Kier molecular flexibility index (Phi) is 4.23. The maximum Gasteiger partial charge on any atom is 0.234 e. The van der Waals surface area contributed by atoms with Crippen LogP contribution in [0.1, 0.15) is 19.7 Å². The van der Waals surface area contributed by atoms with Gasteiger partial charge in [0.15, 0.2) is 5.82 Å². The number of nitrogens with one attached hydrogen (secondary N) is 2. The van der Waals surface area contributed by atoms with Gasteiger partial charge >= 0.3 is 0 Å². The van der Waals surface area contributed by atoms with Gasteiger partial charge < -0.3 is 10.6 Å². The quantitative estimate of drug-likeness (QED) is 0.684. The highest BCUT2D eigenvalue weighted by molar-refractivity contribution is 5.78. The van der Waals surface area contributed by atoms with Crippen molar-refractivity contribution in [2.75, 3.05) is 6.54 Å². The molecule has 0 unspecified atom stereocenters. The first-order valence-electron chi connectivity index (χ1n) is 4.92. The molecule has 1 heterocycles. The summed E-state index contributed by atoms with van der Waals surface area (Å²) < 4.78 is 1.63. The summed E-state index contributed by atoms with van der Waals surface area (Å²) in [6, 6.07) is 0.173. The van der Waals surface area contributed by atoms with E-state index in [1.54, 1.807) is 11.0 Å². The molecule has 0 aliphatic heterocycles. The zero-order chi connectivity index (χ0) is 11.3. The van der Waals surface area contributed by atoms with Crippen molar-refractivity contribution < 1.29 is 4.79 Å². The summed E-state index contributed by atoms with van der Waals surface area (Å²) in [7, 11) is 1.81. The standard InChI is InChI=1S/C9H17N5O/c1-7(2)12-9(15)5-10-4-8-11-6-14(3)13-8/h6-7,10H,4-5H2,1-3H3,(H,12,15). The molecule has 0 fully saturated rings. The molecule has 15 heavy (non-hydrogen) atoms. The summed E-state index contributed by atoms with van der Waals surface area (Å²) in [4.78, 5) is 15.3. The van der Waals surface area contributed by atoms with Crippen molar-refractivity contribution >= 4 is 5.91 Å². The van der Waals surface area contributed by atoms with E-state index in [1.165, 1.54) is 0 Å². The van der Waals surface area contributed by atoms with Gasteiger partial charge in [0.25, 0.3) is 0 Å². The first kappa shape index (κ1) is 11.6. The third kappa shape index (κ3) is 4.55. The van der Waals surface area contributed by atoms with E-state index in [9.17, 15) is 4.79 Å². The van der Waals surface area contributed by atoms with Crippen LogP contribution in [0.25, 0.3) is 0 Å². The molecule has 0 saturated carbocycles. The second-order valence-electron chi connectivity index (χ2n) is 3.66. The van der Waals surface area contributed by atoms with Crippen molar-refractivity contribution in [3.05, 3.63) is 12.2 Å². The van der Waals surface area contributed by atoms with Gasteiger partial charge in [-0.25, -0.2) is 4.98 Å². The summed E-state index contributed by atoms with van der Waals surface area (Å²) in [6.07, 6.45) is 1.63. The smallest absolute Gasteiger partial charge is 0.234 e. The molecule has 1 amide bonds. The lowest BCUT2D eigenvalue weighted by Crippen LogP contribution is -2.37. The molecule has 0 aliphatic carbocycles. The molecule has 1 aromatic rings. The number of carbonyl (C=O) groups excluding carboxylic acids is 1. The van der Waals surface area contributed by atoms with Crippen LogP contribution >= 0.6 is 0 Å². The normalized spacial score (nSPS) is 10.7. The lowest BCUT2D eigenvalue weighted by molar-refractivity contribution is -0.120. The Labute approximate surface area is 89.1 Å². The number of carbonyl (C=O) groups is 1. The Balaban J connectivity index is 2.19. The maximum absolute atomic E-state index is 11.2. The Morgan fingerprint density at radius 3 is 2.87 bits per heavy atom. The minimum absolute atomic E-state index is 0.0130. The van der Waals surface area contributed by atoms with Crippen LogP contribution in [0.4, 0.5) is 0 Å². The van der Waals surface area contributed by atoms with Gasteiger partial charge in [0, 0.05) is 13.1 Å². The zero-order valence-electron chi connectivity index (χ0n) is 9.32. The Bertz CT molecular complexity index is 320. The zero-order valence-corrected chi connectivity index (χ0v) is 9.32. The van der Waals surface area contributed by atoms with E-state index in [4.69, 9.17) is 0 Å². The van der Waals surface area contributed by atoms with E-state index in [1.807, 2.05) is 20.9 Å². The van der Waals surface area contributed by atoms with Crippen molar-refractivity contribution in [1.29, 1.82) is 0 Å². The van der Waals surface area contributed by atoms with Gasteiger partial charge in [-0.1, -0.05) is 0 Å². The molecule has 6 nitrogen and oxygen atoms in total. The fourth-order valence-electron chi connectivity index (χ4n) is 1.13. The first-order valence-corrected chi connectivity index (χ1v) is 4.92. The molecule has 0 bridgehead atoms. The van der Waals surface area contributed by atoms with Crippen LogP contribution in [0.3, 0.4) is 0 Å². The molecule has 84 valence electrons. The molecular weight excluding hydrogens is 194 g/mol. The highest BCUT2D eigenvalue weighted by Gasteiger charge is 2.03. The molecule has 2 N–H and O–H groups in total. The summed E-state index contributed by atoms with van der Waals surface area (Å²) >= 11 is 0. The van der Waals surface area contributed by atoms with Crippen molar-refractivity contribution in [2.24, 2.45) is 7.05 Å². The Morgan fingerprint density at radius 1 is 1.60 bits per heavy atom. The van der Waals surface area contributed by atoms with Gasteiger partial charge in [-0.3, -0.25) is 9.48 Å². The van der Waals surface area contributed by atoms with Gasteiger partial charge in [-0.15, -0.1) is 0 Å². The Hall–Kier alpha value is -1.43. The molecule has 0 radical (unpaired) electrons. The fourth-order valence-corrected chi connectivity index (χ4v) is 1.13. The van der Waals surface area contributed by atoms with E-state index in [2.05, 4.69) is 20.7 Å². The maximum atomic E-state index is 11.2. The van der Waals surface area contributed by atoms with Gasteiger partial charge in [0.1, 0.15) is 6.33 Å². The third-order valence-corrected chi connectivity index (χ3v) is 1.67. The fraction of sp³-hybridized carbons (Fsp3) is 0.667. The highest BCUT2D eigenvalue weighted by Crippen LogP contribution is 1.86. The number of nitrogens with zero attached hydrogens (tertiary/aromatic N) is 3. The lowest BCUT2D eigenvalue weighted by Gasteiger charge is -2.07. The van der Waals surface area contributed by atoms with Crippen LogP contribution in [0.2, 0.25) is 0 Å². The second kappa shape index (κ2) is 5.45. The van der Waals surface area contributed by atoms with Gasteiger partial charge in [0.05, 0.1) is 13.1 Å². The molecule has 0 saturated heterocycles. The van der Waals surface area contributed by atoms with Crippen LogP contribution in [0.15, 0.2) is 6.33 Å². The number of aryl methyl sites for hydroxylation is 1. The molecular formula is C9H17N5O. The number of amides is 1. The summed E-state index contributed by atoms with van der Waals surface area (Å²) in [5.41, 5.74) is 0. The average Bonchev–Trinajstić information content (AvgIpc) is 2.50. The van der Waals surface area contributed by atoms with E-state index in [0.29, 0.717) is 12.4 Å². The summed E-state index contributed by atoms with van der Waals surface area (Å²) in [5.74, 6) is 0.677. The minimum Gasteiger partial charge on any atom is -0.353 e. The molecule has 1 aromatic heterocycles. The van der Waals surface area contributed by atoms with Crippen LogP contribution in [-0.2, 0) is 18.4 Å². The van der Waals surface area contributed by atoms with Gasteiger partial charge in [-0.2, -0.15) is 5.10 Å². The van der Waals surface area contributed by atoms with Crippen molar-refractivity contribution in [3.8, 4) is 0 Å². The SMILES string of the molecule is CC(C)NC(=O)CNCc1ncn(C)n1. The summed E-state index contributed by atoms with van der Waals surface area (Å²) in [6.45, 7) is 4.65. The lowest BCUT2D eigenvalue weighted by atomic mass is 10.4. The number of aromatic nitrogens is 3. The van der Waals surface area contributed by atoms with Crippen molar-refractivity contribution in [2.45, 2.75) is 26.4 Å². The highest BCUT2D eigenvalue weighted by atomic mass is 16.1. The van der Waals surface area contributed by atoms with E-state index >= 15 is 0 Å². The molecule has 0 aromatic carbocycles. The van der Waals surface area contributed by atoms with Crippen LogP contribution in [0.5, 0.6) is 0 Å².